The molecule has 0 spiro atoms. The fraction of sp³-hybridized carbons (Fsp3) is 0.391. The second-order valence-corrected chi connectivity index (χ2v) is 6.87. The number of unbranched alkanes of at least 4 members (excludes halogenated alkanes) is 7. The van der Waals surface area contributed by atoms with Crippen LogP contribution in [0.15, 0.2) is 48.5 Å². The van der Waals surface area contributed by atoms with Crippen molar-refractivity contribution in [2.45, 2.75) is 57.9 Å². The van der Waals surface area contributed by atoms with Crippen molar-refractivity contribution < 1.29 is 0 Å². The summed E-state index contributed by atoms with van der Waals surface area (Å²) in [6.07, 6.45) is 9.94. The molecule has 0 amide bonds. The van der Waals surface area contributed by atoms with Gasteiger partial charge in [0.15, 0.2) is 0 Å². The van der Waals surface area contributed by atoms with Crippen LogP contribution < -0.4 is 0 Å². The number of rotatable bonds is 9. The van der Waals surface area contributed by atoms with Crippen molar-refractivity contribution >= 4 is 33.4 Å². The lowest BCUT2D eigenvalue weighted by molar-refractivity contribution is 0.557. The zero-order valence-corrected chi connectivity index (χ0v) is 15.6. The predicted molar refractivity (Wildman–Crippen MR) is 110 cm³/mol. The number of nitrogens with zero attached hydrogens (tertiary/aromatic N) is 1. The van der Waals surface area contributed by atoms with Gasteiger partial charge in [0.05, 0.1) is 0 Å². The Hall–Kier alpha value is -1.91. The van der Waals surface area contributed by atoms with Gasteiger partial charge in [-0.25, -0.2) is 0 Å². The number of aryl methyl sites for hydroxylation is 1. The minimum Gasteiger partial charge on any atom is -0.340 e. The second-order valence-electron chi connectivity index (χ2n) is 6.68. The Morgan fingerprint density at radius 2 is 1.20 bits per heavy atom. The van der Waals surface area contributed by atoms with Crippen molar-refractivity contribution in [2.75, 3.05) is 0 Å². The summed E-state index contributed by atoms with van der Waals surface area (Å²) in [5.41, 5.74) is 2.73. The molecule has 25 heavy (non-hydrogen) atoms. The number of hydrogen-bond acceptors (Lipinski definition) is 0. The largest absolute Gasteiger partial charge is 0.340 e. The van der Waals surface area contributed by atoms with E-state index in [9.17, 15) is 0 Å². The Labute approximate surface area is 156 Å². The lowest BCUT2D eigenvalue weighted by Crippen LogP contribution is -1.97. The zero-order chi connectivity index (χ0) is 17.3. The molecule has 3 rings (SSSR count). The average molecular weight is 352 g/mol. The van der Waals surface area contributed by atoms with Gasteiger partial charge in [0.1, 0.15) is 0 Å². The van der Waals surface area contributed by atoms with Crippen molar-refractivity contribution in [1.29, 1.82) is 0 Å². The van der Waals surface area contributed by atoms with Crippen LogP contribution in [0.4, 0.5) is 0 Å². The first kappa shape index (κ1) is 17.9. The highest BCUT2D eigenvalue weighted by atomic mass is 35.5. The van der Waals surface area contributed by atoms with Crippen molar-refractivity contribution in [3.63, 3.8) is 0 Å². The number of hydrogen-bond donors (Lipinski definition) is 0. The van der Waals surface area contributed by atoms with Gasteiger partial charge in [0, 0.05) is 40.2 Å². The number of benzene rings is 2. The first-order chi connectivity index (χ1) is 12.4. The highest BCUT2D eigenvalue weighted by Crippen LogP contribution is 2.29. The molecular formula is C23H26ClN. The molecule has 0 unspecified atom stereocenters. The minimum absolute atomic E-state index is 0.942. The van der Waals surface area contributed by atoms with Crippen molar-refractivity contribution in [2.24, 2.45) is 0 Å². The van der Waals surface area contributed by atoms with Crippen LogP contribution in [0.2, 0.25) is 0 Å². The third-order valence-electron chi connectivity index (χ3n) is 4.93. The highest BCUT2D eigenvalue weighted by molar-refractivity contribution is 6.30. The molecule has 2 aromatic carbocycles. The van der Waals surface area contributed by atoms with E-state index in [1.165, 1.54) is 66.8 Å². The third kappa shape index (κ3) is 4.59. The van der Waals surface area contributed by atoms with Crippen LogP contribution in [-0.2, 0) is 6.54 Å². The van der Waals surface area contributed by atoms with E-state index in [2.05, 4.69) is 64.4 Å². The molecule has 0 saturated heterocycles. The summed E-state index contributed by atoms with van der Waals surface area (Å²) >= 11 is 5.35. The summed E-state index contributed by atoms with van der Waals surface area (Å²) in [6, 6.07) is 17.5. The molecule has 130 valence electrons. The van der Waals surface area contributed by atoms with Gasteiger partial charge in [-0.05, 0) is 36.6 Å². The molecule has 0 N–H and O–H groups in total. The summed E-state index contributed by atoms with van der Waals surface area (Å²) in [7, 11) is 0. The lowest BCUT2D eigenvalue weighted by Gasteiger charge is -2.07. The van der Waals surface area contributed by atoms with E-state index < -0.39 is 0 Å². The van der Waals surface area contributed by atoms with Gasteiger partial charge in [0.25, 0.3) is 0 Å². The molecule has 0 fully saturated rings. The Bertz CT molecular complexity index is 813. The van der Waals surface area contributed by atoms with Gasteiger partial charge in [-0.2, -0.15) is 0 Å². The quantitative estimate of drug-likeness (QED) is 0.286. The molecule has 3 aromatic rings. The monoisotopic (exact) mass is 351 g/mol. The van der Waals surface area contributed by atoms with Crippen LogP contribution in [0.25, 0.3) is 21.8 Å². The van der Waals surface area contributed by atoms with E-state index in [4.69, 9.17) is 11.6 Å². The van der Waals surface area contributed by atoms with Crippen LogP contribution in [0.3, 0.4) is 0 Å². The topological polar surface area (TPSA) is 4.93 Å². The molecular weight excluding hydrogens is 326 g/mol. The molecule has 0 saturated carbocycles. The standard InChI is InChI=1S/C23H26ClN/c24-18-12-6-4-2-1-3-5-7-13-19-25-22-16-10-8-14-20(22)21-15-9-11-17-23(21)25/h8-11,14-17H,1-7,13,19H2. The van der Waals surface area contributed by atoms with Gasteiger partial charge in [-0.15, -0.1) is 0 Å². The fourth-order valence-corrected chi connectivity index (χ4v) is 3.75. The summed E-state index contributed by atoms with van der Waals surface area (Å²) < 4.78 is 2.50. The number of halogens is 1. The van der Waals surface area contributed by atoms with E-state index in [-0.39, 0.29) is 0 Å². The lowest BCUT2D eigenvalue weighted by atomic mass is 10.1. The number of aromatic nitrogens is 1. The maximum Gasteiger partial charge on any atom is 0.0491 e. The van der Waals surface area contributed by atoms with Crippen LogP contribution in [0, 0.1) is 11.3 Å². The zero-order valence-electron chi connectivity index (χ0n) is 14.8. The number of fused-ring (bicyclic) bond motifs is 3. The second kappa shape index (κ2) is 9.54. The van der Waals surface area contributed by atoms with E-state index in [1.54, 1.807) is 0 Å². The van der Waals surface area contributed by atoms with Crippen molar-refractivity contribution in [3.05, 3.63) is 48.5 Å². The molecule has 1 heterocycles. The third-order valence-corrected chi connectivity index (χ3v) is 5.06. The molecule has 0 aliphatic carbocycles. The molecule has 1 aromatic heterocycles. The SMILES string of the molecule is ClC#CCCCCCCCCCn1c2ccccc2c2ccccc21. The van der Waals surface area contributed by atoms with E-state index >= 15 is 0 Å². The van der Waals surface area contributed by atoms with Crippen LogP contribution in [-0.4, -0.2) is 4.57 Å². The van der Waals surface area contributed by atoms with Gasteiger partial charge in [-0.1, -0.05) is 74.4 Å². The van der Waals surface area contributed by atoms with Crippen LogP contribution in [0.1, 0.15) is 51.4 Å². The van der Waals surface area contributed by atoms with Crippen LogP contribution >= 0.6 is 11.6 Å². The van der Waals surface area contributed by atoms with Gasteiger partial charge >= 0.3 is 0 Å². The molecule has 0 aliphatic rings. The molecule has 0 bridgehead atoms. The predicted octanol–water partition coefficient (Wildman–Crippen LogP) is 7.12. The van der Waals surface area contributed by atoms with Gasteiger partial charge < -0.3 is 4.57 Å². The average Bonchev–Trinajstić information content (AvgIpc) is 2.97. The van der Waals surface area contributed by atoms with Crippen LogP contribution in [0.5, 0.6) is 0 Å². The molecule has 1 nitrogen and oxygen atoms in total. The molecule has 0 aliphatic heterocycles. The maximum absolute atomic E-state index is 5.35. The smallest absolute Gasteiger partial charge is 0.0491 e. The Kier molecular flexibility index (Phi) is 6.83. The minimum atomic E-state index is 0.942. The first-order valence-corrected chi connectivity index (χ1v) is 9.84. The van der Waals surface area contributed by atoms with Gasteiger partial charge in [0.2, 0.25) is 0 Å². The first-order valence-electron chi connectivity index (χ1n) is 9.46. The van der Waals surface area contributed by atoms with E-state index in [0.29, 0.717) is 0 Å². The Morgan fingerprint density at radius 3 is 1.80 bits per heavy atom. The summed E-state index contributed by atoms with van der Waals surface area (Å²) in [6.45, 7) is 1.11. The molecule has 0 atom stereocenters. The normalized spacial score (nSPS) is 10.9. The fourth-order valence-electron chi connectivity index (χ4n) is 3.66. The highest BCUT2D eigenvalue weighted by Gasteiger charge is 2.08. The Morgan fingerprint density at radius 1 is 0.680 bits per heavy atom. The summed E-state index contributed by atoms with van der Waals surface area (Å²) in [5, 5.41) is 5.19. The summed E-state index contributed by atoms with van der Waals surface area (Å²) in [5.74, 6) is 2.92. The van der Waals surface area contributed by atoms with Crippen molar-refractivity contribution in [3.8, 4) is 11.3 Å². The van der Waals surface area contributed by atoms with E-state index in [0.717, 1.165) is 13.0 Å². The summed E-state index contributed by atoms with van der Waals surface area (Å²) in [4.78, 5) is 0. The maximum atomic E-state index is 5.35. The Balaban J connectivity index is 1.49. The van der Waals surface area contributed by atoms with E-state index in [1.807, 2.05) is 0 Å². The van der Waals surface area contributed by atoms with Gasteiger partial charge in [-0.3, -0.25) is 0 Å². The van der Waals surface area contributed by atoms with Crippen molar-refractivity contribution in [1.82, 2.24) is 4.57 Å². The molecule has 0 radical (unpaired) electrons. The molecule has 2 heteroatoms. The number of para-hydroxylation sites is 2.